The van der Waals surface area contributed by atoms with Crippen molar-refractivity contribution in [2.24, 2.45) is 5.73 Å². The number of hydrogen-bond donors (Lipinski definition) is 1. The first-order valence-electron chi connectivity index (χ1n) is 6.07. The maximum absolute atomic E-state index is 11.9. The molecule has 2 N–H and O–H groups in total. The zero-order valence-corrected chi connectivity index (χ0v) is 10.2. The molecule has 0 atom stereocenters. The van der Waals surface area contributed by atoms with E-state index in [2.05, 4.69) is 24.1 Å². The summed E-state index contributed by atoms with van der Waals surface area (Å²) in [5.41, 5.74) is 7.87. The number of nitrogens with zero attached hydrogens (tertiary/aromatic N) is 2. The van der Waals surface area contributed by atoms with Gasteiger partial charge in [0.15, 0.2) is 0 Å². The van der Waals surface area contributed by atoms with Crippen LogP contribution in [0, 0.1) is 6.92 Å². The van der Waals surface area contributed by atoms with E-state index >= 15 is 0 Å². The fourth-order valence-corrected chi connectivity index (χ4v) is 2.24. The Kier molecular flexibility index (Phi) is 3.64. The quantitative estimate of drug-likeness (QED) is 0.856. The molecule has 2 rings (SSSR count). The smallest absolute Gasteiger partial charge is 0.241 e. The molecule has 1 aliphatic heterocycles. The first kappa shape index (κ1) is 11.9. The van der Waals surface area contributed by atoms with E-state index < -0.39 is 0 Å². The van der Waals surface area contributed by atoms with Gasteiger partial charge in [-0.05, 0) is 25.0 Å². The highest BCUT2D eigenvalue weighted by molar-refractivity contribution is 5.79. The molecule has 1 aliphatic rings. The van der Waals surface area contributed by atoms with E-state index in [0.29, 0.717) is 19.5 Å². The minimum Gasteiger partial charge on any atom is -0.329 e. The second-order valence-electron chi connectivity index (χ2n) is 4.32. The van der Waals surface area contributed by atoms with Gasteiger partial charge in [-0.2, -0.15) is 0 Å². The molecule has 0 spiro atoms. The summed E-state index contributed by atoms with van der Waals surface area (Å²) >= 11 is 0. The van der Waals surface area contributed by atoms with Crippen LogP contribution in [0.25, 0.3) is 0 Å². The summed E-state index contributed by atoms with van der Waals surface area (Å²) in [6.07, 6.45) is 1.54. The van der Waals surface area contributed by atoms with Crippen molar-refractivity contribution in [2.45, 2.75) is 19.8 Å². The van der Waals surface area contributed by atoms with Crippen LogP contribution in [0.5, 0.6) is 0 Å². The fourth-order valence-electron chi connectivity index (χ4n) is 2.24. The summed E-state index contributed by atoms with van der Waals surface area (Å²) < 4.78 is 0. The highest BCUT2D eigenvalue weighted by Gasteiger charge is 2.26. The SMILES string of the molecule is Cc1ccccc1N1CCCC(=O)N1CCN. The number of rotatable bonds is 3. The first-order chi connectivity index (χ1) is 8.24. The van der Waals surface area contributed by atoms with E-state index in [9.17, 15) is 4.79 Å². The zero-order chi connectivity index (χ0) is 12.3. The Morgan fingerprint density at radius 1 is 1.35 bits per heavy atom. The van der Waals surface area contributed by atoms with Gasteiger partial charge in [-0.3, -0.25) is 14.8 Å². The van der Waals surface area contributed by atoms with E-state index in [1.165, 1.54) is 5.56 Å². The number of para-hydroxylation sites is 1. The highest BCUT2D eigenvalue weighted by atomic mass is 16.2. The van der Waals surface area contributed by atoms with Gasteiger partial charge in [-0.25, -0.2) is 0 Å². The molecule has 92 valence electrons. The number of anilines is 1. The fraction of sp³-hybridized carbons (Fsp3) is 0.462. The molecule has 0 radical (unpaired) electrons. The van der Waals surface area contributed by atoms with Gasteiger partial charge in [0.2, 0.25) is 5.91 Å². The Bertz CT molecular complexity index is 405. The number of aryl methyl sites for hydroxylation is 1. The molecule has 0 unspecified atom stereocenters. The van der Waals surface area contributed by atoms with Gasteiger partial charge in [-0.1, -0.05) is 18.2 Å². The van der Waals surface area contributed by atoms with Crippen LogP contribution in [-0.2, 0) is 4.79 Å². The number of hydrazine groups is 1. The molecule has 1 aromatic rings. The minimum atomic E-state index is 0.171. The molecule has 1 aromatic carbocycles. The molecule has 1 saturated heterocycles. The van der Waals surface area contributed by atoms with Crippen LogP contribution >= 0.6 is 0 Å². The predicted molar refractivity (Wildman–Crippen MR) is 68.5 cm³/mol. The van der Waals surface area contributed by atoms with Crippen molar-refractivity contribution < 1.29 is 4.79 Å². The van der Waals surface area contributed by atoms with Crippen LogP contribution < -0.4 is 10.7 Å². The number of benzene rings is 1. The molecule has 1 amide bonds. The Morgan fingerprint density at radius 2 is 2.12 bits per heavy atom. The molecule has 4 nitrogen and oxygen atoms in total. The zero-order valence-electron chi connectivity index (χ0n) is 10.2. The predicted octanol–water partition coefficient (Wildman–Crippen LogP) is 1.30. The lowest BCUT2D eigenvalue weighted by molar-refractivity contribution is -0.133. The molecular weight excluding hydrogens is 214 g/mol. The van der Waals surface area contributed by atoms with Crippen LogP contribution in [0.15, 0.2) is 24.3 Å². The maximum Gasteiger partial charge on any atom is 0.241 e. The largest absolute Gasteiger partial charge is 0.329 e. The van der Waals surface area contributed by atoms with Crippen LogP contribution in [0.4, 0.5) is 5.69 Å². The average Bonchev–Trinajstić information content (AvgIpc) is 2.33. The third-order valence-electron chi connectivity index (χ3n) is 3.07. The number of amides is 1. The summed E-state index contributed by atoms with van der Waals surface area (Å²) in [5.74, 6) is 0.171. The van der Waals surface area contributed by atoms with Gasteiger partial charge in [0.1, 0.15) is 0 Å². The number of carbonyl (C=O) groups excluding carboxylic acids is 1. The molecule has 17 heavy (non-hydrogen) atoms. The summed E-state index contributed by atoms with van der Waals surface area (Å²) in [5, 5.41) is 3.85. The normalized spacial score (nSPS) is 16.5. The lowest BCUT2D eigenvalue weighted by Crippen LogP contribution is -2.52. The molecular formula is C13H19N3O. The average molecular weight is 233 g/mol. The summed E-state index contributed by atoms with van der Waals surface area (Å²) in [4.78, 5) is 11.9. The van der Waals surface area contributed by atoms with Crippen LogP contribution in [-0.4, -0.2) is 30.6 Å². The van der Waals surface area contributed by atoms with Crippen molar-refractivity contribution >= 4 is 11.6 Å². The third-order valence-corrected chi connectivity index (χ3v) is 3.07. The van der Waals surface area contributed by atoms with Crippen molar-refractivity contribution in [3.63, 3.8) is 0 Å². The van der Waals surface area contributed by atoms with E-state index in [1.54, 1.807) is 5.01 Å². The molecule has 1 fully saturated rings. The third kappa shape index (κ3) is 2.42. The van der Waals surface area contributed by atoms with Crippen LogP contribution in [0.3, 0.4) is 0 Å². The van der Waals surface area contributed by atoms with Crippen molar-refractivity contribution in [3.8, 4) is 0 Å². The topological polar surface area (TPSA) is 49.6 Å². The van der Waals surface area contributed by atoms with Gasteiger partial charge in [0.25, 0.3) is 0 Å². The molecule has 0 aliphatic carbocycles. The lowest BCUT2D eigenvalue weighted by atomic mass is 10.1. The summed E-state index contributed by atoms with van der Waals surface area (Å²) in [7, 11) is 0. The van der Waals surface area contributed by atoms with Crippen LogP contribution in [0.1, 0.15) is 18.4 Å². The maximum atomic E-state index is 11.9. The monoisotopic (exact) mass is 233 g/mol. The number of nitrogens with two attached hydrogens (primary N) is 1. The van der Waals surface area contributed by atoms with Crippen LogP contribution in [0.2, 0.25) is 0 Å². The Labute approximate surface area is 102 Å². The lowest BCUT2D eigenvalue weighted by Gasteiger charge is -2.40. The Balaban J connectivity index is 2.28. The van der Waals surface area contributed by atoms with E-state index in [1.807, 2.05) is 12.1 Å². The molecule has 0 bridgehead atoms. The van der Waals surface area contributed by atoms with Gasteiger partial charge >= 0.3 is 0 Å². The minimum absolute atomic E-state index is 0.171. The van der Waals surface area contributed by atoms with E-state index in [0.717, 1.165) is 18.7 Å². The Morgan fingerprint density at radius 3 is 2.82 bits per heavy atom. The van der Waals surface area contributed by atoms with Gasteiger partial charge in [0.05, 0.1) is 12.2 Å². The standard InChI is InChI=1S/C13H19N3O/c1-11-5-2-3-6-12(11)15-9-4-7-13(17)16(15)10-8-14/h2-3,5-6H,4,7-10,14H2,1H3. The van der Waals surface area contributed by atoms with Gasteiger partial charge < -0.3 is 5.73 Å². The van der Waals surface area contributed by atoms with Crippen molar-refractivity contribution in [3.05, 3.63) is 29.8 Å². The first-order valence-corrected chi connectivity index (χ1v) is 6.07. The van der Waals surface area contributed by atoms with E-state index in [4.69, 9.17) is 5.73 Å². The summed E-state index contributed by atoms with van der Waals surface area (Å²) in [6.45, 7) is 4.03. The van der Waals surface area contributed by atoms with Gasteiger partial charge in [0, 0.05) is 19.5 Å². The van der Waals surface area contributed by atoms with E-state index in [-0.39, 0.29) is 5.91 Å². The van der Waals surface area contributed by atoms with Gasteiger partial charge in [-0.15, -0.1) is 0 Å². The number of carbonyl (C=O) groups is 1. The molecule has 0 saturated carbocycles. The number of hydrogen-bond acceptors (Lipinski definition) is 3. The highest BCUT2D eigenvalue weighted by Crippen LogP contribution is 2.24. The molecule has 1 heterocycles. The second kappa shape index (κ2) is 5.19. The second-order valence-corrected chi connectivity index (χ2v) is 4.32. The van der Waals surface area contributed by atoms with Crippen molar-refractivity contribution in [1.82, 2.24) is 5.01 Å². The molecule has 4 heteroatoms. The Hall–Kier alpha value is -1.55. The van der Waals surface area contributed by atoms with Crippen molar-refractivity contribution in [2.75, 3.05) is 24.6 Å². The summed E-state index contributed by atoms with van der Waals surface area (Å²) in [6, 6.07) is 8.13. The van der Waals surface area contributed by atoms with Crippen molar-refractivity contribution in [1.29, 1.82) is 0 Å². The molecule has 0 aromatic heterocycles.